The first-order valence-corrected chi connectivity index (χ1v) is 6.57. The van der Waals surface area contributed by atoms with Crippen LogP contribution in [0.25, 0.3) is 0 Å². The fourth-order valence-corrected chi connectivity index (χ4v) is 2.71. The summed E-state index contributed by atoms with van der Waals surface area (Å²) >= 11 is 3.53. The van der Waals surface area contributed by atoms with E-state index in [0.717, 1.165) is 42.8 Å². The number of aryl methyl sites for hydroxylation is 1. The first kappa shape index (κ1) is 12.1. The molecule has 1 aromatic rings. The van der Waals surface area contributed by atoms with Crippen molar-refractivity contribution < 1.29 is 4.74 Å². The SMILES string of the molecule is CCCn1ncc(Br)c1C(N)C1CCOC1. The topological polar surface area (TPSA) is 53.1 Å². The van der Waals surface area contributed by atoms with Gasteiger partial charge in [-0.1, -0.05) is 6.92 Å². The van der Waals surface area contributed by atoms with Gasteiger partial charge in [0.2, 0.25) is 0 Å². The molecule has 0 radical (unpaired) electrons. The van der Waals surface area contributed by atoms with Gasteiger partial charge in [-0.25, -0.2) is 0 Å². The van der Waals surface area contributed by atoms with E-state index < -0.39 is 0 Å². The molecule has 0 aromatic carbocycles. The van der Waals surface area contributed by atoms with E-state index in [4.69, 9.17) is 10.5 Å². The molecular formula is C11H18BrN3O. The molecule has 1 aromatic heterocycles. The van der Waals surface area contributed by atoms with Gasteiger partial charge in [0.25, 0.3) is 0 Å². The third kappa shape index (κ3) is 2.31. The van der Waals surface area contributed by atoms with Crippen molar-refractivity contribution in [2.24, 2.45) is 11.7 Å². The molecule has 0 saturated carbocycles. The molecule has 2 atom stereocenters. The van der Waals surface area contributed by atoms with E-state index in [1.807, 2.05) is 10.9 Å². The summed E-state index contributed by atoms with van der Waals surface area (Å²) < 4.78 is 8.41. The third-order valence-corrected chi connectivity index (χ3v) is 3.67. The van der Waals surface area contributed by atoms with Crippen LogP contribution in [0.2, 0.25) is 0 Å². The molecule has 0 spiro atoms. The molecule has 90 valence electrons. The Kier molecular flexibility index (Phi) is 4.00. The average Bonchev–Trinajstić information content (AvgIpc) is 2.88. The lowest BCUT2D eigenvalue weighted by atomic mass is 9.97. The Hall–Kier alpha value is -0.390. The van der Waals surface area contributed by atoms with Crippen molar-refractivity contribution in [3.8, 4) is 0 Å². The zero-order valence-electron chi connectivity index (χ0n) is 9.53. The predicted octanol–water partition coefficient (Wildman–Crippen LogP) is 2.09. The number of rotatable bonds is 4. The molecule has 1 saturated heterocycles. The summed E-state index contributed by atoms with van der Waals surface area (Å²) in [6.07, 6.45) is 3.95. The van der Waals surface area contributed by atoms with Gasteiger partial charge in [0.1, 0.15) is 0 Å². The molecule has 2 N–H and O–H groups in total. The maximum atomic E-state index is 6.31. The number of nitrogens with zero attached hydrogens (tertiary/aromatic N) is 2. The second kappa shape index (κ2) is 5.29. The fraction of sp³-hybridized carbons (Fsp3) is 0.727. The molecule has 1 aliphatic heterocycles. The van der Waals surface area contributed by atoms with E-state index in [-0.39, 0.29) is 6.04 Å². The standard InChI is InChI=1S/C11H18BrN3O/c1-2-4-15-11(9(12)6-14-15)10(13)8-3-5-16-7-8/h6,8,10H,2-5,7,13H2,1H3. The van der Waals surface area contributed by atoms with Crippen molar-refractivity contribution in [2.45, 2.75) is 32.4 Å². The van der Waals surface area contributed by atoms with E-state index in [9.17, 15) is 0 Å². The number of halogens is 1. The van der Waals surface area contributed by atoms with Crippen LogP contribution < -0.4 is 5.73 Å². The smallest absolute Gasteiger partial charge is 0.0697 e. The Balaban J connectivity index is 2.19. The van der Waals surface area contributed by atoms with E-state index in [2.05, 4.69) is 28.0 Å². The van der Waals surface area contributed by atoms with Crippen LogP contribution in [0.15, 0.2) is 10.7 Å². The maximum absolute atomic E-state index is 6.31. The molecule has 16 heavy (non-hydrogen) atoms. The number of aromatic nitrogens is 2. The molecule has 4 nitrogen and oxygen atoms in total. The quantitative estimate of drug-likeness (QED) is 0.923. The normalized spacial score (nSPS) is 22.6. The van der Waals surface area contributed by atoms with Crippen LogP contribution in [0.5, 0.6) is 0 Å². The highest BCUT2D eigenvalue weighted by Crippen LogP contribution is 2.31. The molecule has 2 heterocycles. The predicted molar refractivity (Wildman–Crippen MR) is 66.1 cm³/mol. The Bertz CT molecular complexity index is 347. The second-order valence-corrected chi connectivity index (χ2v) is 5.10. The number of nitrogens with two attached hydrogens (primary N) is 1. The molecular weight excluding hydrogens is 270 g/mol. The van der Waals surface area contributed by atoms with Crippen LogP contribution in [-0.4, -0.2) is 23.0 Å². The summed E-state index contributed by atoms with van der Waals surface area (Å²) in [7, 11) is 0. The first-order valence-electron chi connectivity index (χ1n) is 5.78. The van der Waals surface area contributed by atoms with Crippen LogP contribution in [0.1, 0.15) is 31.5 Å². The summed E-state index contributed by atoms with van der Waals surface area (Å²) in [5.74, 6) is 0.420. The van der Waals surface area contributed by atoms with E-state index in [1.54, 1.807) is 0 Å². The molecule has 1 fully saturated rings. The van der Waals surface area contributed by atoms with Crippen LogP contribution >= 0.6 is 15.9 Å². The van der Waals surface area contributed by atoms with Gasteiger partial charge in [-0.2, -0.15) is 5.10 Å². The minimum atomic E-state index is 0.0194. The number of ether oxygens (including phenoxy) is 1. The molecule has 0 amide bonds. The third-order valence-electron chi connectivity index (χ3n) is 3.06. The summed E-state index contributed by atoms with van der Waals surface area (Å²) in [5.41, 5.74) is 7.41. The Morgan fingerprint density at radius 2 is 2.56 bits per heavy atom. The van der Waals surface area contributed by atoms with Crippen LogP contribution in [0, 0.1) is 5.92 Å². The van der Waals surface area contributed by atoms with Crippen LogP contribution in [0.4, 0.5) is 0 Å². The molecule has 2 unspecified atom stereocenters. The number of hydrogen-bond donors (Lipinski definition) is 1. The van der Waals surface area contributed by atoms with Crippen LogP contribution in [0.3, 0.4) is 0 Å². The molecule has 0 bridgehead atoms. The van der Waals surface area contributed by atoms with Gasteiger partial charge in [0.05, 0.1) is 29.0 Å². The van der Waals surface area contributed by atoms with E-state index in [1.165, 1.54) is 0 Å². The van der Waals surface area contributed by atoms with Crippen molar-refractivity contribution in [3.05, 3.63) is 16.4 Å². The Morgan fingerprint density at radius 3 is 3.19 bits per heavy atom. The molecule has 5 heteroatoms. The minimum absolute atomic E-state index is 0.0194. The lowest BCUT2D eigenvalue weighted by Crippen LogP contribution is -2.25. The zero-order valence-corrected chi connectivity index (χ0v) is 11.1. The summed E-state index contributed by atoms with van der Waals surface area (Å²) in [4.78, 5) is 0. The molecule has 1 aliphatic rings. The lowest BCUT2D eigenvalue weighted by molar-refractivity contribution is 0.180. The van der Waals surface area contributed by atoms with Gasteiger partial charge >= 0.3 is 0 Å². The molecule has 0 aliphatic carbocycles. The van der Waals surface area contributed by atoms with Gasteiger partial charge in [-0.05, 0) is 28.8 Å². The first-order chi connectivity index (χ1) is 7.74. The highest BCUT2D eigenvalue weighted by atomic mass is 79.9. The van der Waals surface area contributed by atoms with Gasteiger partial charge < -0.3 is 10.5 Å². The van der Waals surface area contributed by atoms with Gasteiger partial charge in [-0.3, -0.25) is 4.68 Å². The van der Waals surface area contributed by atoms with Crippen molar-refractivity contribution in [3.63, 3.8) is 0 Å². The van der Waals surface area contributed by atoms with Crippen molar-refractivity contribution in [2.75, 3.05) is 13.2 Å². The summed E-state index contributed by atoms with van der Waals surface area (Å²) in [5, 5.41) is 4.35. The van der Waals surface area contributed by atoms with Crippen molar-refractivity contribution in [1.82, 2.24) is 9.78 Å². The van der Waals surface area contributed by atoms with Gasteiger partial charge in [-0.15, -0.1) is 0 Å². The highest BCUT2D eigenvalue weighted by molar-refractivity contribution is 9.10. The monoisotopic (exact) mass is 287 g/mol. The number of hydrogen-bond acceptors (Lipinski definition) is 3. The second-order valence-electron chi connectivity index (χ2n) is 4.25. The summed E-state index contributed by atoms with van der Waals surface area (Å²) in [6, 6.07) is 0.0194. The molecule has 2 rings (SSSR count). The van der Waals surface area contributed by atoms with Crippen LogP contribution in [-0.2, 0) is 11.3 Å². The van der Waals surface area contributed by atoms with Crippen molar-refractivity contribution in [1.29, 1.82) is 0 Å². The fourth-order valence-electron chi connectivity index (χ4n) is 2.15. The lowest BCUT2D eigenvalue weighted by Gasteiger charge is -2.19. The Morgan fingerprint density at radius 1 is 1.75 bits per heavy atom. The van der Waals surface area contributed by atoms with E-state index >= 15 is 0 Å². The van der Waals surface area contributed by atoms with Gasteiger partial charge in [0, 0.05) is 19.1 Å². The summed E-state index contributed by atoms with van der Waals surface area (Å²) in [6.45, 7) is 4.66. The zero-order chi connectivity index (χ0) is 11.5. The minimum Gasteiger partial charge on any atom is -0.381 e. The van der Waals surface area contributed by atoms with Gasteiger partial charge in [0.15, 0.2) is 0 Å². The largest absolute Gasteiger partial charge is 0.381 e. The van der Waals surface area contributed by atoms with E-state index in [0.29, 0.717) is 5.92 Å². The average molecular weight is 288 g/mol. The maximum Gasteiger partial charge on any atom is 0.0697 e. The highest BCUT2D eigenvalue weighted by Gasteiger charge is 2.28. The Labute approximate surface area is 104 Å². The van der Waals surface area contributed by atoms with Crippen molar-refractivity contribution >= 4 is 15.9 Å².